The summed E-state index contributed by atoms with van der Waals surface area (Å²) < 4.78 is 5.15. The topological polar surface area (TPSA) is 65.4 Å². The van der Waals surface area contributed by atoms with Crippen molar-refractivity contribution in [1.82, 2.24) is 4.98 Å². The third kappa shape index (κ3) is 5.67. The normalized spacial score (nSPS) is 11.0. The van der Waals surface area contributed by atoms with Gasteiger partial charge in [0.1, 0.15) is 0 Å². The van der Waals surface area contributed by atoms with Gasteiger partial charge < -0.3 is 14.8 Å². The van der Waals surface area contributed by atoms with E-state index >= 15 is 0 Å². The van der Waals surface area contributed by atoms with Crippen molar-refractivity contribution in [1.29, 1.82) is 0 Å². The van der Waals surface area contributed by atoms with Gasteiger partial charge in [0, 0.05) is 22.7 Å². The molecule has 0 N–H and O–H groups in total. The van der Waals surface area contributed by atoms with E-state index in [1.54, 1.807) is 48.7 Å². The molecule has 0 radical (unpaired) electrons. The van der Waals surface area contributed by atoms with Gasteiger partial charge in [0.25, 0.3) is 0 Å². The molecule has 144 valence electrons. The Hall–Kier alpha value is -3.14. The van der Waals surface area contributed by atoms with E-state index in [0.29, 0.717) is 16.5 Å². The molecule has 0 spiro atoms. The molecule has 4 nitrogen and oxygen atoms in total. The second kappa shape index (κ2) is 11.0. The molecule has 2 heterocycles. The van der Waals surface area contributed by atoms with E-state index in [-0.39, 0.29) is 25.7 Å². The summed E-state index contributed by atoms with van der Waals surface area (Å²) in [7, 11) is 0. The number of nitrogens with zero attached hydrogens (tertiary/aromatic N) is 2. The first-order chi connectivity index (χ1) is 13.7. The van der Waals surface area contributed by atoms with Crippen LogP contribution >= 0.6 is 0 Å². The first kappa shape index (κ1) is 22.2. The number of allylic oxidation sites excluding steroid dienone is 4. The first-order valence-electron chi connectivity index (χ1n) is 8.67. The van der Waals surface area contributed by atoms with Crippen LogP contribution in [0.5, 0.6) is 0 Å². The molecular formula is C24H17IrN2O2. The van der Waals surface area contributed by atoms with E-state index < -0.39 is 0 Å². The summed E-state index contributed by atoms with van der Waals surface area (Å²) in [5.41, 5.74) is 3.01. The Kier molecular flexibility index (Phi) is 8.41. The number of aromatic nitrogens is 1. The van der Waals surface area contributed by atoms with E-state index in [4.69, 9.17) is 9.83 Å². The van der Waals surface area contributed by atoms with Crippen LogP contribution in [0.2, 0.25) is 0 Å². The number of hydrogen-bond donors (Lipinski definition) is 0. The van der Waals surface area contributed by atoms with Gasteiger partial charge in [-0.05, 0) is 6.07 Å². The zero-order valence-corrected chi connectivity index (χ0v) is 18.0. The van der Waals surface area contributed by atoms with Crippen LogP contribution in [0, 0.1) is 12.1 Å². The Balaban J connectivity index is 0.000000203. The number of pyridine rings is 1. The Labute approximate surface area is 182 Å². The molecule has 0 amide bonds. The zero-order chi connectivity index (χ0) is 19.8. The van der Waals surface area contributed by atoms with Crippen LogP contribution < -0.4 is 5.63 Å². The van der Waals surface area contributed by atoms with Crippen molar-refractivity contribution < 1.29 is 24.5 Å². The molecule has 0 saturated heterocycles. The quantitative estimate of drug-likeness (QED) is 0.114. The number of benzene rings is 2. The van der Waals surface area contributed by atoms with Crippen LogP contribution in [0.3, 0.4) is 0 Å². The van der Waals surface area contributed by atoms with Crippen molar-refractivity contribution in [2.75, 3.05) is 0 Å². The van der Waals surface area contributed by atoms with Crippen LogP contribution in [0.15, 0.2) is 88.2 Å². The zero-order valence-electron chi connectivity index (χ0n) is 15.6. The summed E-state index contributed by atoms with van der Waals surface area (Å²) in [6.45, 7) is 2.01. The van der Waals surface area contributed by atoms with Crippen LogP contribution in [0.25, 0.3) is 32.9 Å². The summed E-state index contributed by atoms with van der Waals surface area (Å²) >= 11 is 0. The fourth-order valence-electron chi connectivity index (χ4n) is 2.59. The van der Waals surface area contributed by atoms with E-state index in [9.17, 15) is 4.79 Å². The summed E-state index contributed by atoms with van der Waals surface area (Å²) in [5, 5.41) is 9.64. The van der Waals surface area contributed by atoms with Crippen LogP contribution in [0.1, 0.15) is 12.5 Å². The predicted octanol–water partition coefficient (Wildman–Crippen LogP) is 5.23. The molecule has 0 bridgehead atoms. The fraction of sp³-hybridized carbons (Fsp3) is 0.0417. The number of hydrogen-bond acceptors (Lipinski definition) is 3. The van der Waals surface area contributed by atoms with Gasteiger partial charge in [-0.15, -0.1) is 71.8 Å². The largest absolute Gasteiger partial charge is 3.00 e. The van der Waals surface area contributed by atoms with Crippen LogP contribution in [-0.4, -0.2) is 11.2 Å². The maximum absolute atomic E-state index is 11.6. The second-order valence-electron chi connectivity index (χ2n) is 5.86. The monoisotopic (exact) mass is 558 g/mol. The third-order valence-electron chi connectivity index (χ3n) is 3.96. The van der Waals surface area contributed by atoms with Crippen molar-refractivity contribution in [3.8, 4) is 0 Å². The molecule has 0 aliphatic carbocycles. The molecule has 0 saturated carbocycles. The van der Waals surface area contributed by atoms with Crippen molar-refractivity contribution >= 4 is 33.7 Å². The molecule has 4 aromatic rings. The molecule has 0 atom stereocenters. The van der Waals surface area contributed by atoms with Gasteiger partial charge in [0.05, 0.1) is 0 Å². The minimum absolute atomic E-state index is 0. The van der Waals surface area contributed by atoms with Crippen molar-refractivity contribution in [2.45, 2.75) is 6.92 Å². The Bertz CT molecular complexity index is 1210. The fourth-order valence-corrected chi connectivity index (χ4v) is 2.59. The summed E-state index contributed by atoms with van der Waals surface area (Å²) in [6.07, 6.45) is 7.96. The smallest absolute Gasteiger partial charge is 0.811 e. The van der Waals surface area contributed by atoms with E-state index in [1.807, 2.05) is 37.3 Å². The Morgan fingerprint density at radius 2 is 1.90 bits per heavy atom. The van der Waals surface area contributed by atoms with Crippen molar-refractivity contribution in [3.05, 3.63) is 113 Å². The second-order valence-corrected chi connectivity index (χ2v) is 5.86. The van der Waals surface area contributed by atoms with Gasteiger partial charge in [-0.1, -0.05) is 30.5 Å². The van der Waals surface area contributed by atoms with Crippen LogP contribution in [-0.2, 0) is 20.1 Å². The molecule has 2 aromatic heterocycles. The molecule has 2 aromatic carbocycles. The molecule has 5 heteroatoms. The SMILES string of the molecule is C/C(=C\C=C/C=[N-])c1[c-]cccc1.O=c1oc2ccc[c-]c2c2ncccc12.[Ir+3]. The molecule has 0 aliphatic heterocycles. The minimum atomic E-state index is -0.356. The average molecular weight is 558 g/mol. The maximum atomic E-state index is 11.6. The van der Waals surface area contributed by atoms with E-state index in [0.717, 1.165) is 22.7 Å². The van der Waals surface area contributed by atoms with E-state index in [2.05, 4.69) is 17.1 Å². The summed E-state index contributed by atoms with van der Waals surface area (Å²) in [5.74, 6) is 0. The Morgan fingerprint density at radius 3 is 2.66 bits per heavy atom. The molecule has 0 fully saturated rings. The minimum Gasteiger partial charge on any atom is -0.811 e. The number of fused-ring (bicyclic) bond motifs is 3. The van der Waals surface area contributed by atoms with Gasteiger partial charge in [0.15, 0.2) is 0 Å². The van der Waals surface area contributed by atoms with Crippen molar-refractivity contribution in [3.63, 3.8) is 0 Å². The molecule has 29 heavy (non-hydrogen) atoms. The maximum Gasteiger partial charge on any atom is 3.00 e. The van der Waals surface area contributed by atoms with Gasteiger partial charge >= 0.3 is 25.7 Å². The molecule has 4 rings (SSSR count). The van der Waals surface area contributed by atoms with Gasteiger partial charge in [-0.3, -0.25) is 0 Å². The summed E-state index contributed by atoms with van der Waals surface area (Å²) in [6, 6.07) is 22.7. The summed E-state index contributed by atoms with van der Waals surface area (Å²) in [4.78, 5) is 15.8. The average Bonchev–Trinajstić information content (AvgIpc) is 2.75. The molecule has 0 unspecified atom stereocenters. The standard InChI is InChI=1S/C12H6NO2.C12H11N.Ir/c14-12-9-5-3-7-13-11(9)8-4-1-2-6-10(8)15-12;1-11(7-5-6-10-13)12-8-3-2-4-9-12;/h1-3,5-7H;2-8,10H,1H3;/q-1;-2;+3/b;6-5-,11-7+;. The van der Waals surface area contributed by atoms with Gasteiger partial charge in [-0.25, -0.2) is 4.79 Å². The van der Waals surface area contributed by atoms with Gasteiger partial charge in [0.2, 0.25) is 0 Å². The molecular weight excluding hydrogens is 540 g/mol. The van der Waals surface area contributed by atoms with E-state index in [1.165, 1.54) is 0 Å². The van der Waals surface area contributed by atoms with Crippen molar-refractivity contribution in [2.24, 2.45) is 0 Å². The third-order valence-corrected chi connectivity index (χ3v) is 3.96. The van der Waals surface area contributed by atoms with Crippen LogP contribution in [0.4, 0.5) is 0 Å². The first-order valence-corrected chi connectivity index (χ1v) is 8.67. The molecule has 0 aliphatic rings. The Morgan fingerprint density at radius 1 is 1.07 bits per heavy atom. The predicted molar refractivity (Wildman–Crippen MR) is 114 cm³/mol. The van der Waals surface area contributed by atoms with Gasteiger partial charge in [-0.2, -0.15) is 6.21 Å². The number of rotatable bonds is 3.